The van der Waals surface area contributed by atoms with E-state index in [1.165, 1.54) is 0 Å². The van der Waals surface area contributed by atoms with Gasteiger partial charge in [-0.2, -0.15) is 0 Å². The fourth-order valence-electron chi connectivity index (χ4n) is 1.18. The van der Waals surface area contributed by atoms with Gasteiger partial charge in [0.15, 0.2) is 5.96 Å². The number of hydrogen-bond donors (Lipinski definition) is 3. The molecule has 0 aliphatic heterocycles. The number of hydrogen-bond acceptors (Lipinski definition) is 2. The summed E-state index contributed by atoms with van der Waals surface area (Å²) >= 11 is 0. The van der Waals surface area contributed by atoms with E-state index in [4.69, 9.17) is 11.1 Å². The minimum Gasteiger partial charge on any atom is -0.367 e. The Kier molecular flexibility index (Phi) is 3.53. The topological polar surface area (TPSA) is 72.1 Å². The second-order valence-corrected chi connectivity index (χ2v) is 3.28. The fourth-order valence-corrected chi connectivity index (χ4v) is 1.18. The minimum atomic E-state index is 0.357. The van der Waals surface area contributed by atoms with Crippen molar-refractivity contribution in [3.8, 4) is 0 Å². The Morgan fingerprint density at radius 2 is 2.21 bits per heavy atom. The molecule has 4 N–H and O–H groups in total. The molecule has 0 fully saturated rings. The van der Waals surface area contributed by atoms with Gasteiger partial charge < -0.3 is 20.5 Å². The predicted octanol–water partition coefficient (Wildman–Crippen LogP) is 0.229. The Bertz CT molecular complexity index is 279. The maximum Gasteiger partial charge on any atom is 0.194 e. The van der Waals surface area contributed by atoms with Crippen LogP contribution in [-0.4, -0.2) is 41.5 Å². The van der Waals surface area contributed by atoms with Gasteiger partial charge in [-0.1, -0.05) is 0 Å². The van der Waals surface area contributed by atoms with E-state index in [1.54, 1.807) is 11.9 Å². The number of aromatic amines is 1. The number of aromatic nitrogens is 1. The van der Waals surface area contributed by atoms with Crippen molar-refractivity contribution in [2.75, 3.05) is 20.8 Å². The molecule has 0 unspecified atom stereocenters. The van der Waals surface area contributed by atoms with E-state index in [0.717, 1.165) is 5.56 Å². The van der Waals surface area contributed by atoms with Gasteiger partial charge in [0.1, 0.15) is 0 Å². The molecule has 14 heavy (non-hydrogen) atoms. The number of nitrogens with zero attached hydrogens (tertiary/aromatic N) is 2. The molecule has 1 rings (SSSR count). The monoisotopic (exact) mass is 195 g/mol. The third-order valence-electron chi connectivity index (χ3n) is 2.08. The normalized spacial score (nSPS) is 9.93. The van der Waals surface area contributed by atoms with Gasteiger partial charge in [0.2, 0.25) is 0 Å². The van der Waals surface area contributed by atoms with Crippen LogP contribution in [0.15, 0.2) is 18.5 Å². The van der Waals surface area contributed by atoms with Gasteiger partial charge in [0.05, 0.1) is 6.67 Å². The molecule has 1 heterocycles. The molecule has 0 radical (unpaired) electrons. The summed E-state index contributed by atoms with van der Waals surface area (Å²) in [5.74, 6) is 0.425. The molecule has 0 saturated carbocycles. The lowest BCUT2D eigenvalue weighted by Gasteiger charge is -2.26. The molecule has 0 aromatic carbocycles. The molecule has 5 heteroatoms. The van der Waals surface area contributed by atoms with Crippen LogP contribution < -0.4 is 5.73 Å². The van der Waals surface area contributed by atoms with Gasteiger partial charge in [0.25, 0.3) is 0 Å². The van der Waals surface area contributed by atoms with Crippen molar-refractivity contribution in [1.82, 2.24) is 14.8 Å². The van der Waals surface area contributed by atoms with Crippen LogP contribution in [0.4, 0.5) is 0 Å². The highest BCUT2D eigenvalue weighted by molar-refractivity contribution is 5.76. The lowest BCUT2D eigenvalue weighted by atomic mass is 10.3. The van der Waals surface area contributed by atoms with Crippen LogP contribution in [0.5, 0.6) is 0 Å². The first-order chi connectivity index (χ1) is 6.65. The Morgan fingerprint density at radius 3 is 2.71 bits per heavy atom. The molecule has 1 aromatic rings. The first-order valence-electron chi connectivity index (χ1n) is 4.47. The summed E-state index contributed by atoms with van der Waals surface area (Å²) in [7, 11) is 3.68. The van der Waals surface area contributed by atoms with Gasteiger partial charge >= 0.3 is 0 Å². The lowest BCUT2D eigenvalue weighted by molar-refractivity contribution is 0.385. The molecule has 0 saturated heterocycles. The second-order valence-electron chi connectivity index (χ2n) is 3.28. The van der Waals surface area contributed by atoms with Gasteiger partial charge in [-0.3, -0.25) is 5.41 Å². The molecule has 0 aliphatic carbocycles. The van der Waals surface area contributed by atoms with Crippen LogP contribution >= 0.6 is 0 Å². The average Bonchev–Trinajstić information content (AvgIpc) is 2.68. The maximum atomic E-state index is 7.76. The van der Waals surface area contributed by atoms with E-state index in [-0.39, 0.29) is 0 Å². The molecule has 0 bridgehead atoms. The summed E-state index contributed by atoms with van der Waals surface area (Å²) in [6, 6.07) is 1.99. The first-order valence-corrected chi connectivity index (χ1v) is 4.47. The molecular formula is C9H17N5. The largest absolute Gasteiger partial charge is 0.367 e. The summed E-state index contributed by atoms with van der Waals surface area (Å²) in [5, 5.41) is 7.76. The second kappa shape index (κ2) is 4.66. The van der Waals surface area contributed by atoms with Crippen molar-refractivity contribution in [3.63, 3.8) is 0 Å². The highest BCUT2D eigenvalue weighted by Crippen LogP contribution is 2.02. The summed E-state index contributed by atoms with van der Waals surface area (Å²) in [6.07, 6.45) is 3.80. The van der Waals surface area contributed by atoms with Crippen LogP contribution in [-0.2, 0) is 6.54 Å². The van der Waals surface area contributed by atoms with Crippen molar-refractivity contribution >= 4 is 5.96 Å². The Balaban J connectivity index is 2.50. The first kappa shape index (κ1) is 10.6. The zero-order chi connectivity index (χ0) is 10.6. The molecule has 0 atom stereocenters. The predicted molar refractivity (Wildman–Crippen MR) is 56.8 cm³/mol. The highest BCUT2D eigenvalue weighted by Gasteiger charge is 2.08. The number of H-pyrrole nitrogens is 1. The minimum absolute atomic E-state index is 0.357. The average molecular weight is 195 g/mol. The van der Waals surface area contributed by atoms with E-state index in [2.05, 4.69) is 4.98 Å². The number of nitrogens with one attached hydrogen (secondary N) is 2. The number of rotatable bonds is 3. The van der Waals surface area contributed by atoms with Crippen molar-refractivity contribution in [2.45, 2.75) is 6.54 Å². The molecule has 1 aromatic heterocycles. The van der Waals surface area contributed by atoms with Crippen LogP contribution in [0.2, 0.25) is 0 Å². The van der Waals surface area contributed by atoms with E-state index in [0.29, 0.717) is 19.2 Å². The molecular weight excluding hydrogens is 178 g/mol. The molecule has 5 nitrogen and oxygen atoms in total. The van der Waals surface area contributed by atoms with E-state index < -0.39 is 0 Å². The summed E-state index contributed by atoms with van der Waals surface area (Å²) in [6.45, 7) is 1.07. The quantitative estimate of drug-likeness (QED) is 0.367. The summed E-state index contributed by atoms with van der Waals surface area (Å²) < 4.78 is 0. The van der Waals surface area contributed by atoms with E-state index in [1.807, 2.05) is 30.4 Å². The Morgan fingerprint density at radius 1 is 1.50 bits per heavy atom. The molecule has 0 spiro atoms. The fraction of sp³-hybridized carbons (Fsp3) is 0.444. The van der Waals surface area contributed by atoms with Gasteiger partial charge in [-0.05, 0) is 11.6 Å². The van der Waals surface area contributed by atoms with Crippen molar-refractivity contribution in [2.24, 2.45) is 5.73 Å². The number of nitrogens with two attached hydrogens (primary N) is 1. The molecule has 0 amide bonds. The van der Waals surface area contributed by atoms with Crippen molar-refractivity contribution < 1.29 is 0 Å². The number of guanidine groups is 1. The third kappa shape index (κ3) is 2.50. The van der Waals surface area contributed by atoms with Crippen LogP contribution in [0, 0.1) is 5.41 Å². The zero-order valence-electron chi connectivity index (χ0n) is 8.62. The Hall–Kier alpha value is -1.49. The van der Waals surface area contributed by atoms with Crippen LogP contribution in [0.3, 0.4) is 0 Å². The van der Waals surface area contributed by atoms with Crippen molar-refractivity contribution in [1.29, 1.82) is 5.41 Å². The van der Waals surface area contributed by atoms with E-state index >= 15 is 0 Å². The smallest absolute Gasteiger partial charge is 0.194 e. The van der Waals surface area contributed by atoms with Gasteiger partial charge in [0, 0.05) is 33.0 Å². The SMILES string of the molecule is CN(CN)C(=N)N(C)Cc1cc[nH]c1. The van der Waals surface area contributed by atoms with Crippen molar-refractivity contribution in [3.05, 3.63) is 24.0 Å². The highest BCUT2D eigenvalue weighted by atomic mass is 15.3. The van der Waals surface area contributed by atoms with Gasteiger partial charge in [-0.15, -0.1) is 0 Å². The van der Waals surface area contributed by atoms with Crippen LogP contribution in [0.1, 0.15) is 5.56 Å². The van der Waals surface area contributed by atoms with Crippen LogP contribution in [0.25, 0.3) is 0 Å². The summed E-state index contributed by atoms with van der Waals surface area (Å²) in [5.41, 5.74) is 6.59. The Labute approximate surface area is 84.0 Å². The van der Waals surface area contributed by atoms with Gasteiger partial charge in [-0.25, -0.2) is 0 Å². The summed E-state index contributed by atoms with van der Waals surface area (Å²) in [4.78, 5) is 6.51. The maximum absolute atomic E-state index is 7.76. The third-order valence-corrected chi connectivity index (χ3v) is 2.08. The molecule has 0 aliphatic rings. The lowest BCUT2D eigenvalue weighted by Crippen LogP contribution is -2.41. The van der Waals surface area contributed by atoms with E-state index in [9.17, 15) is 0 Å². The standard InChI is InChI=1S/C9H17N5/c1-13(9(11)14(2)7-10)6-8-3-4-12-5-8/h3-5,11-12H,6-7,10H2,1-2H3. The zero-order valence-corrected chi connectivity index (χ0v) is 8.62. The molecule has 78 valence electrons.